The van der Waals surface area contributed by atoms with E-state index >= 15 is 0 Å². The molecular formula is C8H17N7O2S4. The van der Waals surface area contributed by atoms with Gasteiger partial charge < -0.3 is 17.2 Å². The van der Waals surface area contributed by atoms with Crippen LogP contribution in [0.3, 0.4) is 0 Å². The van der Waals surface area contributed by atoms with Crippen molar-refractivity contribution in [3.63, 3.8) is 0 Å². The van der Waals surface area contributed by atoms with Gasteiger partial charge in [0.2, 0.25) is 5.13 Å². The molecule has 120 valence electrons. The van der Waals surface area contributed by atoms with E-state index < -0.39 is 10.2 Å². The van der Waals surface area contributed by atoms with Gasteiger partial charge in [-0.3, -0.25) is 0 Å². The van der Waals surface area contributed by atoms with Gasteiger partial charge in [0.1, 0.15) is 5.84 Å². The predicted molar refractivity (Wildman–Crippen MR) is 93.5 cm³/mol. The first kappa shape index (κ1) is 20.0. The summed E-state index contributed by atoms with van der Waals surface area (Å²) >= 11 is 2.86. The van der Waals surface area contributed by atoms with Crippen molar-refractivity contribution in [1.29, 1.82) is 0 Å². The topological polar surface area (TPSA) is 176 Å². The second-order valence-electron chi connectivity index (χ2n) is 3.56. The quantitative estimate of drug-likeness (QED) is 0.279. The summed E-state index contributed by atoms with van der Waals surface area (Å²) in [7, 11) is -3.92. The normalized spacial score (nSPS) is 11.8. The number of nitrogens with two attached hydrogens (primary N) is 4. The number of aliphatic imine (C=N–C) groups is 1. The second-order valence-corrected chi connectivity index (χ2v) is 6.71. The van der Waals surface area contributed by atoms with E-state index in [2.05, 4.69) is 14.4 Å². The minimum Gasteiger partial charge on any atom is -0.386 e. The molecule has 0 radical (unpaired) electrons. The van der Waals surface area contributed by atoms with Gasteiger partial charge in [-0.1, -0.05) is 0 Å². The molecular weight excluding hydrogens is 354 g/mol. The Morgan fingerprint density at radius 2 is 2.05 bits per heavy atom. The Morgan fingerprint density at radius 1 is 1.38 bits per heavy atom. The van der Waals surface area contributed by atoms with E-state index in [9.17, 15) is 8.42 Å². The van der Waals surface area contributed by atoms with E-state index in [1.54, 1.807) is 0 Å². The maximum Gasteiger partial charge on any atom is 0.318 e. The van der Waals surface area contributed by atoms with Crippen LogP contribution >= 0.6 is 36.6 Å². The first-order valence-corrected chi connectivity index (χ1v) is 8.79. The molecule has 1 aromatic rings. The fraction of sp³-hybridized carbons (Fsp3) is 0.375. The molecule has 0 atom stereocenters. The van der Waals surface area contributed by atoms with E-state index in [0.717, 1.165) is 5.69 Å². The lowest BCUT2D eigenvalue weighted by atomic mass is 10.5. The largest absolute Gasteiger partial charge is 0.386 e. The van der Waals surface area contributed by atoms with Crippen LogP contribution in [0.25, 0.3) is 0 Å². The van der Waals surface area contributed by atoms with Crippen LogP contribution in [0.4, 0.5) is 5.13 Å². The van der Waals surface area contributed by atoms with Crippen LogP contribution in [0, 0.1) is 0 Å². The number of thiazole rings is 1. The van der Waals surface area contributed by atoms with E-state index in [1.165, 1.54) is 23.1 Å². The van der Waals surface area contributed by atoms with Crippen molar-refractivity contribution >= 4 is 63.7 Å². The van der Waals surface area contributed by atoms with Gasteiger partial charge in [0, 0.05) is 23.3 Å². The maximum atomic E-state index is 10.6. The molecule has 0 unspecified atom stereocenters. The number of rotatable bonds is 7. The molecule has 1 aromatic heterocycles. The first-order valence-electron chi connectivity index (χ1n) is 5.25. The zero-order chi connectivity index (χ0) is 15.2. The van der Waals surface area contributed by atoms with Gasteiger partial charge in [-0.05, 0) is 0 Å². The smallest absolute Gasteiger partial charge is 0.318 e. The van der Waals surface area contributed by atoms with Crippen molar-refractivity contribution in [2.75, 3.05) is 5.75 Å². The van der Waals surface area contributed by atoms with Crippen LogP contribution in [-0.2, 0) is 16.0 Å². The number of guanidine groups is 1. The number of hydrogen-bond donors (Lipinski definition) is 4. The van der Waals surface area contributed by atoms with Gasteiger partial charge in [0.25, 0.3) is 0 Å². The third kappa shape index (κ3) is 9.52. The van der Waals surface area contributed by atoms with Crippen LogP contribution in [0.5, 0.6) is 0 Å². The van der Waals surface area contributed by atoms with Crippen LogP contribution in [0.1, 0.15) is 12.1 Å². The lowest BCUT2D eigenvalue weighted by molar-refractivity contribution is 0.599. The van der Waals surface area contributed by atoms with Gasteiger partial charge in [0.05, 0.1) is 5.69 Å². The van der Waals surface area contributed by atoms with Crippen molar-refractivity contribution in [1.82, 2.24) is 4.98 Å². The van der Waals surface area contributed by atoms with Crippen molar-refractivity contribution in [3.8, 4) is 0 Å². The highest BCUT2D eigenvalue weighted by molar-refractivity contribution is 7.98. The molecule has 8 N–H and O–H groups in total. The summed E-state index contributed by atoms with van der Waals surface area (Å²) in [4.78, 5) is 8.03. The zero-order valence-corrected chi connectivity index (χ0v) is 14.3. The standard InChI is InChI=1S/C8H15N7O2S3.H2S/c9-6(15-20(12,16)17)1-2-18-3-5-4-19-8(13-5)14-7(10)11;/h4H,1-3H2,(H2,9,15)(H2,12,16,17)(H4,10,11,13,14);1H2. The van der Waals surface area contributed by atoms with Crippen molar-refractivity contribution in [3.05, 3.63) is 11.1 Å². The van der Waals surface area contributed by atoms with Gasteiger partial charge >= 0.3 is 10.2 Å². The lowest BCUT2D eigenvalue weighted by Crippen LogP contribution is -2.21. The SMILES string of the molecule is NC(N)=Nc1nc(CSCCC(N)=NS(N)(=O)=O)cs1.S. The predicted octanol–water partition coefficient (Wildman–Crippen LogP) is -0.655. The molecule has 9 nitrogen and oxygen atoms in total. The maximum absolute atomic E-state index is 10.6. The van der Waals surface area contributed by atoms with Gasteiger partial charge in [-0.25, -0.2) is 10.1 Å². The molecule has 0 aliphatic heterocycles. The molecule has 0 fully saturated rings. The highest BCUT2D eigenvalue weighted by atomic mass is 32.2. The number of aromatic nitrogens is 1. The molecule has 1 heterocycles. The second kappa shape index (κ2) is 9.09. The van der Waals surface area contributed by atoms with E-state index in [1.807, 2.05) is 5.38 Å². The van der Waals surface area contributed by atoms with Crippen molar-refractivity contribution in [2.45, 2.75) is 12.2 Å². The highest BCUT2D eigenvalue weighted by Crippen LogP contribution is 2.21. The molecule has 0 aliphatic rings. The average Bonchev–Trinajstić information content (AvgIpc) is 2.68. The Bertz CT molecular complexity index is 606. The summed E-state index contributed by atoms with van der Waals surface area (Å²) < 4.78 is 24.5. The number of amidine groups is 1. The Hall–Kier alpha value is -1.02. The van der Waals surface area contributed by atoms with Crippen LogP contribution < -0.4 is 22.3 Å². The van der Waals surface area contributed by atoms with Crippen molar-refractivity contribution in [2.24, 2.45) is 31.7 Å². The van der Waals surface area contributed by atoms with Crippen LogP contribution in [0.2, 0.25) is 0 Å². The fourth-order valence-corrected chi connectivity index (χ4v) is 3.17. The third-order valence-corrected chi connectivity index (χ3v) is 4.03. The van der Waals surface area contributed by atoms with Crippen molar-refractivity contribution < 1.29 is 8.42 Å². The van der Waals surface area contributed by atoms with Crippen LogP contribution in [-0.4, -0.2) is 30.9 Å². The van der Waals surface area contributed by atoms with Gasteiger partial charge in [0.15, 0.2) is 5.96 Å². The molecule has 1 rings (SSSR count). The summed E-state index contributed by atoms with van der Waals surface area (Å²) in [6.07, 6.45) is 0.325. The van der Waals surface area contributed by atoms with Crippen LogP contribution in [0.15, 0.2) is 14.8 Å². The summed E-state index contributed by atoms with van der Waals surface area (Å²) in [6, 6.07) is 0. The molecule has 0 aromatic carbocycles. The summed E-state index contributed by atoms with van der Waals surface area (Å²) in [6.45, 7) is 0. The Labute approximate surface area is 137 Å². The Balaban J connectivity index is 0.00000400. The number of hydrogen-bond acceptors (Lipinski definition) is 6. The highest BCUT2D eigenvalue weighted by Gasteiger charge is 2.04. The van der Waals surface area contributed by atoms with Gasteiger partial charge in [-0.15, -0.1) is 15.7 Å². The van der Waals surface area contributed by atoms with E-state index in [-0.39, 0.29) is 25.3 Å². The summed E-state index contributed by atoms with van der Waals surface area (Å²) in [5.74, 6) is 1.18. The lowest BCUT2D eigenvalue weighted by Gasteiger charge is -1.99. The number of nitrogens with zero attached hydrogens (tertiary/aromatic N) is 3. The van der Waals surface area contributed by atoms with Gasteiger partial charge in [-0.2, -0.15) is 38.7 Å². The number of thioether (sulfide) groups is 1. The summed E-state index contributed by atoms with van der Waals surface area (Å²) in [5.41, 5.74) is 16.7. The molecule has 13 heteroatoms. The molecule has 0 spiro atoms. The van der Waals surface area contributed by atoms with E-state index in [0.29, 0.717) is 23.1 Å². The monoisotopic (exact) mass is 371 g/mol. The Morgan fingerprint density at radius 3 is 2.62 bits per heavy atom. The fourth-order valence-electron chi connectivity index (χ4n) is 1.09. The third-order valence-electron chi connectivity index (χ3n) is 1.76. The molecule has 21 heavy (non-hydrogen) atoms. The molecule has 0 saturated heterocycles. The first-order chi connectivity index (χ1) is 9.26. The van der Waals surface area contributed by atoms with E-state index in [4.69, 9.17) is 22.3 Å². The molecule has 0 bridgehead atoms. The Kier molecular flexibility index (Phi) is 8.65. The minimum atomic E-state index is -3.92. The molecule has 0 amide bonds. The zero-order valence-electron chi connectivity index (χ0n) is 10.9. The average molecular weight is 372 g/mol. The molecule has 0 saturated carbocycles. The summed E-state index contributed by atoms with van der Waals surface area (Å²) in [5, 5.41) is 7.07. The molecule has 0 aliphatic carbocycles. The minimum absolute atomic E-state index is 0.